The van der Waals surface area contributed by atoms with Crippen molar-refractivity contribution >= 4 is 39.1 Å². The number of aryl methyl sites for hydroxylation is 2. The highest BCUT2D eigenvalue weighted by molar-refractivity contribution is 7.99. The molecule has 0 amide bonds. The third-order valence-corrected chi connectivity index (χ3v) is 6.84. The van der Waals surface area contributed by atoms with Gasteiger partial charge in [-0.1, -0.05) is 11.8 Å². The zero-order valence-corrected chi connectivity index (χ0v) is 17.5. The van der Waals surface area contributed by atoms with Crippen LogP contribution in [-0.2, 0) is 28.9 Å². The molecule has 2 N–H and O–H groups in total. The maximum Gasteiger partial charge on any atom is 0.263 e. The first-order valence-electron chi connectivity index (χ1n) is 9.04. The first-order valence-corrected chi connectivity index (χ1v) is 10.8. The summed E-state index contributed by atoms with van der Waals surface area (Å²) < 4.78 is 6.73. The van der Waals surface area contributed by atoms with E-state index in [0.29, 0.717) is 23.7 Å². The van der Waals surface area contributed by atoms with Crippen LogP contribution in [0.15, 0.2) is 21.2 Å². The summed E-state index contributed by atoms with van der Waals surface area (Å²) >= 11 is 2.73. The highest BCUT2D eigenvalue weighted by atomic mass is 32.2. The van der Waals surface area contributed by atoms with Crippen LogP contribution in [0.1, 0.15) is 30.2 Å². The van der Waals surface area contributed by atoms with Crippen molar-refractivity contribution in [3.63, 3.8) is 0 Å². The number of carbonyl (C=O) groups excluding carboxylic acids is 1. The molecule has 0 saturated heterocycles. The smallest absolute Gasteiger partial charge is 0.263 e. The van der Waals surface area contributed by atoms with Crippen molar-refractivity contribution in [3.8, 4) is 6.07 Å². The second-order valence-corrected chi connectivity index (χ2v) is 8.64. The Bertz CT molecular complexity index is 1040. The molecule has 1 aliphatic carbocycles. The number of thiophene rings is 1. The third-order valence-electron chi connectivity index (χ3n) is 4.68. The number of nitrogens with zero attached hydrogens (tertiary/aromatic N) is 3. The van der Waals surface area contributed by atoms with Crippen molar-refractivity contribution < 1.29 is 9.53 Å². The number of rotatable bonds is 7. The molecule has 0 bridgehead atoms. The first-order chi connectivity index (χ1) is 13.5. The molecule has 2 heterocycles. The number of fused-ring (bicyclic) bond motifs is 3. The average molecular weight is 419 g/mol. The molecule has 9 heteroatoms. The predicted molar refractivity (Wildman–Crippen MR) is 111 cm³/mol. The van der Waals surface area contributed by atoms with Crippen molar-refractivity contribution in [2.75, 3.05) is 19.5 Å². The minimum absolute atomic E-state index is 0.00650. The standard InChI is InChI=1S/C19H22N4O3S2/c1-11(21)13(9-20)14(24)10-27-19-22-17-16(18(25)23(19)7-8-26-2)12-5-3-4-6-15(12)28-17/h3-8,10,21H2,1-2H3/b13-11-. The topological polar surface area (TPSA) is 111 Å². The monoisotopic (exact) mass is 418 g/mol. The number of thioether (sulfide) groups is 1. The van der Waals surface area contributed by atoms with Crippen LogP contribution in [0, 0.1) is 11.3 Å². The summed E-state index contributed by atoms with van der Waals surface area (Å²) in [5.74, 6) is -0.376. The number of Topliss-reactive ketones (excluding diaryl/α,β-unsaturated/α-hetero) is 1. The summed E-state index contributed by atoms with van der Waals surface area (Å²) in [5.41, 5.74) is 6.81. The molecule has 28 heavy (non-hydrogen) atoms. The van der Waals surface area contributed by atoms with Gasteiger partial charge in [0.05, 0.1) is 24.3 Å². The van der Waals surface area contributed by atoms with Crippen LogP contribution in [-0.4, -0.2) is 34.8 Å². The van der Waals surface area contributed by atoms with Crippen LogP contribution < -0.4 is 11.3 Å². The summed E-state index contributed by atoms with van der Waals surface area (Å²) in [7, 11) is 1.58. The number of nitrogens with two attached hydrogens (primary N) is 1. The van der Waals surface area contributed by atoms with Gasteiger partial charge in [0.2, 0.25) is 0 Å². The number of hydrogen-bond acceptors (Lipinski definition) is 8. The Morgan fingerprint density at radius 1 is 1.43 bits per heavy atom. The normalized spacial score (nSPS) is 14.5. The van der Waals surface area contributed by atoms with E-state index in [9.17, 15) is 9.59 Å². The van der Waals surface area contributed by atoms with Gasteiger partial charge in [-0.2, -0.15) is 5.26 Å². The predicted octanol–water partition coefficient (Wildman–Crippen LogP) is 2.40. The van der Waals surface area contributed by atoms with Gasteiger partial charge >= 0.3 is 0 Å². The fourth-order valence-electron chi connectivity index (χ4n) is 3.28. The molecule has 0 fully saturated rings. The lowest BCUT2D eigenvalue weighted by Gasteiger charge is -2.13. The Morgan fingerprint density at radius 3 is 2.86 bits per heavy atom. The van der Waals surface area contributed by atoms with Gasteiger partial charge in [-0.05, 0) is 38.2 Å². The molecule has 0 spiro atoms. The van der Waals surface area contributed by atoms with E-state index in [1.165, 1.54) is 11.8 Å². The fraction of sp³-hybridized carbons (Fsp3) is 0.474. The number of ether oxygens (including phenoxy) is 1. The van der Waals surface area contributed by atoms with E-state index in [-0.39, 0.29) is 28.4 Å². The maximum atomic E-state index is 13.2. The van der Waals surface area contributed by atoms with Crippen molar-refractivity contribution in [2.24, 2.45) is 5.73 Å². The van der Waals surface area contributed by atoms with E-state index >= 15 is 0 Å². The highest BCUT2D eigenvalue weighted by Gasteiger charge is 2.23. The molecule has 0 aliphatic heterocycles. The van der Waals surface area contributed by atoms with Crippen LogP contribution in [0.3, 0.4) is 0 Å². The van der Waals surface area contributed by atoms with Crippen molar-refractivity contribution in [1.82, 2.24) is 9.55 Å². The molecule has 0 aromatic carbocycles. The van der Waals surface area contributed by atoms with Crippen LogP contribution in [0.2, 0.25) is 0 Å². The van der Waals surface area contributed by atoms with E-state index in [1.807, 2.05) is 6.07 Å². The number of allylic oxidation sites excluding steroid dienone is 2. The van der Waals surface area contributed by atoms with Gasteiger partial charge in [0, 0.05) is 17.7 Å². The van der Waals surface area contributed by atoms with Gasteiger partial charge in [-0.3, -0.25) is 14.2 Å². The van der Waals surface area contributed by atoms with Crippen LogP contribution in [0.5, 0.6) is 0 Å². The zero-order valence-electron chi connectivity index (χ0n) is 15.9. The number of nitriles is 1. The van der Waals surface area contributed by atoms with E-state index < -0.39 is 0 Å². The molecule has 7 nitrogen and oxygen atoms in total. The summed E-state index contributed by atoms with van der Waals surface area (Å²) in [5, 5.41) is 10.3. The highest BCUT2D eigenvalue weighted by Crippen LogP contribution is 2.34. The number of methoxy groups -OCH3 is 1. The van der Waals surface area contributed by atoms with E-state index in [1.54, 1.807) is 23.0 Å². The molecule has 1 aliphatic rings. The molecular formula is C19H22N4O3S2. The summed E-state index contributed by atoms with van der Waals surface area (Å²) in [6.07, 6.45) is 4.12. The molecule has 0 unspecified atom stereocenters. The number of hydrogen-bond donors (Lipinski definition) is 1. The Hall–Kier alpha value is -2.15. The first kappa shape index (κ1) is 20.6. The van der Waals surface area contributed by atoms with Crippen molar-refractivity contribution in [1.29, 1.82) is 5.26 Å². The molecule has 0 saturated carbocycles. The minimum Gasteiger partial charge on any atom is -0.401 e. The van der Waals surface area contributed by atoms with Gasteiger partial charge in [-0.15, -0.1) is 11.3 Å². The van der Waals surface area contributed by atoms with Crippen LogP contribution in [0.4, 0.5) is 0 Å². The zero-order chi connectivity index (χ0) is 20.3. The van der Waals surface area contributed by atoms with Crippen molar-refractivity contribution in [3.05, 3.63) is 32.1 Å². The lowest BCUT2D eigenvalue weighted by atomic mass is 9.97. The summed E-state index contributed by atoms with van der Waals surface area (Å²) in [6.45, 7) is 2.25. The molecule has 0 atom stereocenters. The lowest BCUT2D eigenvalue weighted by Crippen LogP contribution is -2.26. The van der Waals surface area contributed by atoms with Crippen LogP contribution >= 0.6 is 23.1 Å². The molecule has 0 radical (unpaired) electrons. The average Bonchev–Trinajstić information content (AvgIpc) is 3.04. The van der Waals surface area contributed by atoms with Gasteiger partial charge in [0.1, 0.15) is 16.5 Å². The van der Waals surface area contributed by atoms with E-state index in [4.69, 9.17) is 20.7 Å². The number of ketones is 1. The SMILES string of the molecule is COCCn1c(SCC(=O)/C(C#N)=C(/C)N)nc2sc3c(c2c1=O)CCCC3. The van der Waals surface area contributed by atoms with Gasteiger partial charge < -0.3 is 10.5 Å². The lowest BCUT2D eigenvalue weighted by molar-refractivity contribution is -0.112. The second-order valence-electron chi connectivity index (χ2n) is 6.62. The van der Waals surface area contributed by atoms with Crippen molar-refractivity contribution in [2.45, 2.75) is 44.3 Å². The van der Waals surface area contributed by atoms with Gasteiger partial charge in [0.25, 0.3) is 5.56 Å². The molecule has 148 valence electrons. The molecule has 3 rings (SSSR count). The Morgan fingerprint density at radius 2 is 2.18 bits per heavy atom. The third kappa shape index (κ3) is 3.99. The van der Waals surface area contributed by atoms with E-state index in [0.717, 1.165) is 47.8 Å². The largest absolute Gasteiger partial charge is 0.401 e. The summed E-state index contributed by atoms with van der Waals surface area (Å²) in [4.78, 5) is 32.2. The summed E-state index contributed by atoms with van der Waals surface area (Å²) in [6, 6.07) is 1.85. The van der Waals surface area contributed by atoms with Gasteiger partial charge in [0.15, 0.2) is 10.9 Å². The maximum absolute atomic E-state index is 13.2. The number of aromatic nitrogens is 2. The fourth-order valence-corrected chi connectivity index (χ4v) is 5.48. The Kier molecular flexibility index (Phi) is 6.54. The van der Waals surface area contributed by atoms with Crippen LogP contribution in [0.25, 0.3) is 10.2 Å². The second kappa shape index (κ2) is 8.90. The number of carbonyl (C=O) groups is 1. The Balaban J connectivity index is 2.01. The van der Waals surface area contributed by atoms with Gasteiger partial charge in [-0.25, -0.2) is 4.98 Å². The molecular weight excluding hydrogens is 396 g/mol. The molecule has 2 aromatic rings. The minimum atomic E-state index is -0.370. The van der Waals surface area contributed by atoms with E-state index in [2.05, 4.69) is 0 Å². The Labute approximate surface area is 171 Å². The quantitative estimate of drug-likeness (QED) is 0.318. The molecule has 2 aromatic heterocycles.